The number of fused-ring (bicyclic) bond motifs is 1. The lowest BCUT2D eigenvalue weighted by molar-refractivity contribution is -0.143. The lowest BCUT2D eigenvalue weighted by Gasteiger charge is -2.26. The van der Waals surface area contributed by atoms with Crippen molar-refractivity contribution in [1.29, 1.82) is 0 Å². The lowest BCUT2D eigenvalue weighted by Crippen LogP contribution is -2.49. The number of hydrogen-bond donors (Lipinski definition) is 14. The highest BCUT2D eigenvalue weighted by Crippen LogP contribution is 2.20. The van der Waals surface area contributed by atoms with Gasteiger partial charge in [-0.3, -0.25) is 38.4 Å². The predicted octanol–water partition coefficient (Wildman–Crippen LogP) is -2.44. The Morgan fingerprint density at radius 2 is 1.32 bits per heavy atom. The number of benzene rings is 1. The number of rotatable bonds is 34. The Labute approximate surface area is 417 Å². The molecule has 27 heteroatoms. The maximum Gasteiger partial charge on any atom is 0.326 e. The zero-order chi connectivity index (χ0) is 54.4. The van der Waals surface area contributed by atoms with E-state index >= 15 is 0 Å². The minimum absolute atomic E-state index is 0.0208. The number of aliphatic carboxylic acids is 3. The van der Waals surface area contributed by atoms with Gasteiger partial charge in [-0.05, 0) is 56.9 Å². The fourth-order valence-electron chi connectivity index (χ4n) is 7.36. The number of nitrogens with one attached hydrogen (secondary N) is 4. The first-order chi connectivity index (χ1) is 34.5. The Balaban J connectivity index is 1.51. The highest BCUT2D eigenvalue weighted by molar-refractivity contribution is 5.98. The first kappa shape index (κ1) is 60.0. The van der Waals surface area contributed by atoms with Gasteiger partial charge < -0.3 is 73.6 Å². The van der Waals surface area contributed by atoms with Gasteiger partial charge in [0.1, 0.15) is 24.4 Å². The topological polar surface area (TPSA) is 467 Å². The van der Waals surface area contributed by atoms with Gasteiger partial charge in [-0.25, -0.2) is 14.8 Å². The number of nitrogens with zero attached hydrogens (tertiary/aromatic N) is 4. The van der Waals surface area contributed by atoms with Crippen molar-refractivity contribution in [2.24, 2.45) is 11.8 Å². The number of carboxylic acid groups (broad SMARTS) is 3. The third kappa shape index (κ3) is 20.7. The molecule has 3 aromatic rings. The molecule has 8 atom stereocenters. The molecule has 1 aromatic carbocycles. The number of Topliss-reactive ketones (excluding diaryl/α,β-unsaturated/α-hetero) is 2. The Bertz CT molecular complexity index is 2410. The van der Waals surface area contributed by atoms with E-state index < -0.39 is 140 Å². The average Bonchev–Trinajstić information content (AvgIpc) is 3.34. The summed E-state index contributed by atoms with van der Waals surface area (Å²) in [4.78, 5) is 129. The van der Waals surface area contributed by atoms with Gasteiger partial charge in [0.2, 0.25) is 29.6 Å². The molecule has 0 saturated heterocycles. The number of aromatic nitrogens is 4. The van der Waals surface area contributed by atoms with Crippen LogP contribution in [0.4, 0.5) is 11.8 Å². The fourth-order valence-corrected chi connectivity index (χ4v) is 7.36. The van der Waals surface area contributed by atoms with Crippen LogP contribution in [0.2, 0.25) is 0 Å². The van der Waals surface area contributed by atoms with E-state index in [2.05, 4.69) is 41.2 Å². The Morgan fingerprint density at radius 1 is 0.671 bits per heavy atom. The highest BCUT2D eigenvalue weighted by atomic mass is 16.4. The molecule has 0 radical (unpaired) electrons. The van der Waals surface area contributed by atoms with E-state index in [1.165, 1.54) is 0 Å². The van der Waals surface area contributed by atoms with Crippen LogP contribution < -0.4 is 32.7 Å². The zero-order valence-electron chi connectivity index (χ0n) is 40.0. The fraction of sp³-hybridized carbons (Fsp3) is 0.543. The monoisotopic (exact) mass is 1030 g/mol. The molecule has 0 spiro atoms. The molecule has 4 amide bonds. The third-order valence-corrected chi connectivity index (χ3v) is 11.6. The summed E-state index contributed by atoms with van der Waals surface area (Å²) in [5.74, 6) is -10.8. The van der Waals surface area contributed by atoms with Gasteiger partial charge >= 0.3 is 17.9 Å². The van der Waals surface area contributed by atoms with Gasteiger partial charge in [0.05, 0.1) is 36.6 Å². The number of carboxylic acids is 3. The van der Waals surface area contributed by atoms with Crippen molar-refractivity contribution >= 4 is 76.0 Å². The lowest BCUT2D eigenvalue weighted by atomic mass is 9.91. The molecule has 2 heterocycles. The van der Waals surface area contributed by atoms with Crippen LogP contribution in [0.5, 0.6) is 0 Å². The molecule has 0 aliphatic carbocycles. The molecule has 16 N–H and O–H groups in total. The van der Waals surface area contributed by atoms with Crippen LogP contribution >= 0.6 is 0 Å². The maximum atomic E-state index is 13.6. The number of aliphatic hydroxyl groups excluding tert-OH is 5. The second-order valence-electron chi connectivity index (χ2n) is 17.3. The molecule has 3 rings (SSSR count). The molecule has 0 unspecified atom stereocenters. The van der Waals surface area contributed by atoms with Crippen LogP contribution in [0.3, 0.4) is 0 Å². The quantitative estimate of drug-likeness (QED) is 0.0218. The van der Waals surface area contributed by atoms with Crippen molar-refractivity contribution in [3.63, 3.8) is 0 Å². The summed E-state index contributed by atoms with van der Waals surface area (Å²) in [6, 6.07) is 3.75. The van der Waals surface area contributed by atoms with E-state index in [9.17, 15) is 73.8 Å². The smallest absolute Gasteiger partial charge is 0.326 e. The number of unbranched alkanes of at least 4 members (excludes halogenated alkanes) is 1. The third-order valence-electron chi connectivity index (χ3n) is 11.6. The number of ketones is 2. The summed E-state index contributed by atoms with van der Waals surface area (Å²) in [6.07, 6.45) is -8.09. The number of anilines is 2. The van der Waals surface area contributed by atoms with Crippen LogP contribution in [0.25, 0.3) is 11.2 Å². The summed E-state index contributed by atoms with van der Waals surface area (Å²) in [5.41, 5.74) is 13.9. The largest absolute Gasteiger partial charge is 0.481 e. The van der Waals surface area contributed by atoms with E-state index in [1.807, 2.05) is 0 Å². The van der Waals surface area contributed by atoms with Crippen molar-refractivity contribution in [3.8, 4) is 0 Å². The Kier molecular flexibility index (Phi) is 24.5. The van der Waals surface area contributed by atoms with Crippen LogP contribution in [0.15, 0.2) is 30.5 Å². The van der Waals surface area contributed by atoms with E-state index in [-0.39, 0.29) is 74.5 Å². The number of nitrogens with two attached hydrogens (primary N) is 2. The zero-order valence-corrected chi connectivity index (χ0v) is 40.0. The molecule has 0 aliphatic rings. The molecule has 73 heavy (non-hydrogen) atoms. The van der Waals surface area contributed by atoms with Crippen molar-refractivity contribution < 1.29 is 84.0 Å². The van der Waals surface area contributed by atoms with Gasteiger partial charge in [0, 0.05) is 63.6 Å². The molecule has 400 valence electrons. The molecule has 0 fully saturated rings. The highest BCUT2D eigenvalue weighted by Gasteiger charge is 2.33. The summed E-state index contributed by atoms with van der Waals surface area (Å²) in [5, 5.41) is 86.9. The molecule has 0 bridgehead atoms. The molecular formula is C46H64N10O17. The van der Waals surface area contributed by atoms with Crippen LogP contribution in [-0.2, 0) is 51.2 Å². The number of carbonyl (C=O) groups excluding carboxylic acids is 6. The molecule has 27 nitrogen and oxygen atoms in total. The number of amides is 4. The molecule has 0 saturated carbocycles. The summed E-state index contributed by atoms with van der Waals surface area (Å²) in [6.45, 7) is -0.488. The van der Waals surface area contributed by atoms with E-state index in [0.717, 1.165) is 12.5 Å². The van der Waals surface area contributed by atoms with E-state index in [1.54, 1.807) is 30.5 Å². The molecule has 2 aromatic heterocycles. The Hall–Kier alpha value is -7.33. The van der Waals surface area contributed by atoms with Crippen molar-refractivity contribution in [3.05, 3.63) is 47.3 Å². The minimum Gasteiger partial charge on any atom is -0.481 e. The second-order valence-corrected chi connectivity index (χ2v) is 17.3. The van der Waals surface area contributed by atoms with Gasteiger partial charge in [-0.15, -0.1) is 0 Å². The van der Waals surface area contributed by atoms with Gasteiger partial charge in [-0.2, -0.15) is 9.97 Å². The van der Waals surface area contributed by atoms with Crippen LogP contribution in [0.1, 0.15) is 99.2 Å². The van der Waals surface area contributed by atoms with Crippen molar-refractivity contribution in [1.82, 2.24) is 41.2 Å². The average molecular weight is 1030 g/mol. The van der Waals surface area contributed by atoms with Gasteiger partial charge in [-0.1, -0.05) is 24.3 Å². The van der Waals surface area contributed by atoms with Crippen molar-refractivity contribution in [2.75, 3.05) is 31.2 Å². The van der Waals surface area contributed by atoms with Gasteiger partial charge in [0.25, 0.3) is 0 Å². The number of hydrogen-bond acceptors (Lipinski definition) is 20. The van der Waals surface area contributed by atoms with E-state index in [0.29, 0.717) is 24.1 Å². The SMILES string of the molecule is CC(=O)N[C@@H](CCC(=O)O)C(=O)C[C@@H](CCC(=O)NC[C@H](O)[C@@H](O)[C@H](O)[C@H](O)CO)C(=O)N[C@@H](CCCCNC(=O)CC[C@H](CC(=O)c1ccc(CCc2cnc3nc(N)nc(N)c3n2)cc1)C(=O)O)C(=O)O. The Morgan fingerprint density at radius 3 is 1.93 bits per heavy atom. The number of aliphatic hydroxyl groups is 5. The number of carbonyl (C=O) groups is 9. The summed E-state index contributed by atoms with van der Waals surface area (Å²) >= 11 is 0. The van der Waals surface area contributed by atoms with Gasteiger partial charge in [0.15, 0.2) is 28.5 Å². The minimum atomic E-state index is -1.99. The normalized spacial score (nSPS) is 14.5. The summed E-state index contributed by atoms with van der Waals surface area (Å²) < 4.78 is 0. The number of aryl methyl sites for hydroxylation is 2. The molecule has 0 aliphatic heterocycles. The first-order valence-corrected chi connectivity index (χ1v) is 23.3. The van der Waals surface area contributed by atoms with Crippen molar-refractivity contribution in [2.45, 2.75) is 127 Å². The van der Waals surface area contributed by atoms with Crippen LogP contribution in [-0.4, -0.2) is 170 Å². The second kappa shape index (κ2) is 29.9. The maximum absolute atomic E-state index is 13.6. The van der Waals surface area contributed by atoms with Crippen LogP contribution in [0, 0.1) is 11.8 Å². The first-order valence-electron chi connectivity index (χ1n) is 23.3. The number of nitrogen functional groups attached to an aromatic ring is 2. The molecular weight excluding hydrogens is 965 g/mol. The predicted molar refractivity (Wildman–Crippen MR) is 254 cm³/mol. The summed E-state index contributed by atoms with van der Waals surface area (Å²) in [7, 11) is 0. The standard InChI is InChI=1S/C46H64N10O17/c1-23(58)52-29(13-16-37(65)66)32(60)18-26(10-14-36(64)50-21-33(61)39(67)40(68)34(62)22-57)43(69)54-30(45(72)73)4-2-3-17-49-35(63)15-11-27(44(70)71)19-31(59)25-8-5-24(6-9-25)7-12-28-20-51-42-38(53-28)41(47)55-46(48)56-42/h5-6,8-9,20,26-27,29-30,33-34,39-40,57,61-62,67-68H,2-4,7,10-19,21-22H2,1H3,(H,49,63)(H,50,64)(H,52,58)(H,54,69)(H,65,66)(H,70,71)(H,72,73)(H4,47,48,51,55,56)/t26-,27-,29+,30+,33+,34-,39-,40-/m1/s1. The van der Waals surface area contributed by atoms with E-state index in [4.69, 9.17) is 21.7 Å².